The third kappa shape index (κ3) is 4.60. The van der Waals surface area contributed by atoms with Gasteiger partial charge in [-0.05, 0) is 45.4 Å². The molecule has 1 aromatic rings. The van der Waals surface area contributed by atoms with Crippen LogP contribution < -0.4 is 5.32 Å². The van der Waals surface area contributed by atoms with Gasteiger partial charge in [-0.25, -0.2) is 0 Å². The first-order valence-corrected chi connectivity index (χ1v) is 7.17. The van der Waals surface area contributed by atoms with E-state index in [1.807, 2.05) is 13.8 Å². The number of ether oxygens (including phenoxy) is 2. The molecule has 19 heavy (non-hydrogen) atoms. The van der Waals surface area contributed by atoms with Gasteiger partial charge in [0.15, 0.2) is 6.29 Å². The van der Waals surface area contributed by atoms with E-state index >= 15 is 0 Å². The lowest BCUT2D eigenvalue weighted by molar-refractivity contribution is -0.155. The normalized spacial score (nSPS) is 12.9. The summed E-state index contributed by atoms with van der Waals surface area (Å²) in [7, 11) is 0. The molecular formula is C16H27NO2. The lowest BCUT2D eigenvalue weighted by Crippen LogP contribution is -2.36. The molecular weight excluding hydrogens is 238 g/mol. The largest absolute Gasteiger partial charge is 0.351 e. The summed E-state index contributed by atoms with van der Waals surface area (Å²) in [6, 6.07) is 6.59. The van der Waals surface area contributed by atoms with Crippen molar-refractivity contribution in [1.29, 1.82) is 0 Å². The van der Waals surface area contributed by atoms with Crippen LogP contribution in [0.2, 0.25) is 0 Å². The van der Waals surface area contributed by atoms with Crippen molar-refractivity contribution in [2.24, 2.45) is 0 Å². The highest BCUT2D eigenvalue weighted by atomic mass is 16.7. The number of hydrogen-bond acceptors (Lipinski definition) is 3. The molecule has 0 heterocycles. The molecule has 0 saturated carbocycles. The second-order valence-corrected chi connectivity index (χ2v) is 4.67. The van der Waals surface area contributed by atoms with Crippen molar-refractivity contribution in [2.75, 3.05) is 19.8 Å². The van der Waals surface area contributed by atoms with E-state index in [9.17, 15) is 0 Å². The summed E-state index contributed by atoms with van der Waals surface area (Å²) in [6.07, 6.45) is -0.239. The lowest BCUT2D eigenvalue weighted by atomic mass is 9.98. The van der Waals surface area contributed by atoms with Crippen molar-refractivity contribution in [3.63, 3.8) is 0 Å². The Hall–Kier alpha value is -0.900. The van der Waals surface area contributed by atoms with Gasteiger partial charge in [-0.1, -0.05) is 30.7 Å². The Morgan fingerprint density at radius 1 is 1.05 bits per heavy atom. The fraction of sp³-hybridized carbons (Fsp3) is 0.625. The minimum Gasteiger partial charge on any atom is -0.351 e. The zero-order chi connectivity index (χ0) is 14.3. The van der Waals surface area contributed by atoms with Gasteiger partial charge in [-0.2, -0.15) is 0 Å². The monoisotopic (exact) mass is 265 g/mol. The number of benzene rings is 1. The summed E-state index contributed by atoms with van der Waals surface area (Å²) in [5, 5.41) is 3.48. The first-order chi connectivity index (χ1) is 9.13. The Bertz CT molecular complexity index is 373. The molecule has 0 fully saturated rings. The van der Waals surface area contributed by atoms with Crippen LogP contribution in [0.25, 0.3) is 0 Å². The number of likely N-dealkylation sites (N-methyl/N-ethyl adjacent to an activating group) is 1. The van der Waals surface area contributed by atoms with E-state index in [0.717, 1.165) is 6.54 Å². The molecule has 0 aromatic heterocycles. The molecule has 0 aliphatic rings. The summed E-state index contributed by atoms with van der Waals surface area (Å²) in [5.41, 5.74) is 3.80. The van der Waals surface area contributed by atoms with E-state index in [4.69, 9.17) is 9.47 Å². The Labute approximate surface area is 117 Å². The first-order valence-electron chi connectivity index (χ1n) is 7.17. The first kappa shape index (κ1) is 16.2. The molecule has 1 aromatic carbocycles. The standard InChI is InChI=1S/C16H27NO2/c1-6-17-15(16(18-7-2)19-8-3)14-10-9-12(4)11-13(14)5/h9-11,15-17H,6-8H2,1-5H3. The van der Waals surface area contributed by atoms with Gasteiger partial charge in [0.05, 0.1) is 6.04 Å². The molecule has 0 aliphatic heterocycles. The topological polar surface area (TPSA) is 30.5 Å². The number of rotatable bonds is 8. The summed E-state index contributed by atoms with van der Waals surface area (Å²) >= 11 is 0. The Morgan fingerprint density at radius 2 is 1.68 bits per heavy atom. The molecule has 0 bridgehead atoms. The number of aryl methyl sites for hydroxylation is 2. The summed E-state index contributed by atoms with van der Waals surface area (Å²) in [4.78, 5) is 0. The van der Waals surface area contributed by atoms with Gasteiger partial charge in [-0.3, -0.25) is 0 Å². The van der Waals surface area contributed by atoms with Crippen molar-refractivity contribution in [3.8, 4) is 0 Å². The van der Waals surface area contributed by atoms with Gasteiger partial charge in [0.1, 0.15) is 0 Å². The van der Waals surface area contributed by atoms with Crippen LogP contribution in [0.1, 0.15) is 43.5 Å². The van der Waals surface area contributed by atoms with Crippen molar-refractivity contribution in [2.45, 2.75) is 47.0 Å². The van der Waals surface area contributed by atoms with Crippen molar-refractivity contribution < 1.29 is 9.47 Å². The van der Waals surface area contributed by atoms with Crippen LogP contribution >= 0.6 is 0 Å². The minimum atomic E-state index is -0.239. The van der Waals surface area contributed by atoms with Crippen LogP contribution in [-0.2, 0) is 9.47 Å². The predicted octanol–water partition coefficient (Wildman–Crippen LogP) is 3.35. The maximum Gasteiger partial charge on any atom is 0.176 e. The van der Waals surface area contributed by atoms with Gasteiger partial charge < -0.3 is 14.8 Å². The Balaban J connectivity index is 3.02. The van der Waals surface area contributed by atoms with E-state index in [1.54, 1.807) is 0 Å². The average Bonchev–Trinajstić information content (AvgIpc) is 2.37. The molecule has 1 rings (SSSR count). The second kappa shape index (κ2) is 8.31. The SMILES string of the molecule is CCNC(c1ccc(C)cc1C)C(OCC)OCC. The second-order valence-electron chi connectivity index (χ2n) is 4.67. The highest BCUT2D eigenvalue weighted by Crippen LogP contribution is 2.24. The fourth-order valence-electron chi connectivity index (χ4n) is 2.32. The molecule has 0 aliphatic carbocycles. The zero-order valence-electron chi connectivity index (χ0n) is 12.8. The number of hydrogen-bond donors (Lipinski definition) is 1. The molecule has 1 atom stereocenters. The number of nitrogens with one attached hydrogen (secondary N) is 1. The third-order valence-electron chi connectivity index (χ3n) is 3.12. The van der Waals surface area contributed by atoms with Gasteiger partial charge in [0.25, 0.3) is 0 Å². The molecule has 0 spiro atoms. The van der Waals surface area contributed by atoms with Crippen LogP contribution in [0.4, 0.5) is 0 Å². The maximum absolute atomic E-state index is 5.75. The third-order valence-corrected chi connectivity index (χ3v) is 3.12. The highest BCUT2D eigenvalue weighted by Gasteiger charge is 2.24. The van der Waals surface area contributed by atoms with E-state index in [-0.39, 0.29) is 12.3 Å². The van der Waals surface area contributed by atoms with Crippen molar-refractivity contribution in [1.82, 2.24) is 5.32 Å². The minimum absolute atomic E-state index is 0.0745. The summed E-state index contributed by atoms with van der Waals surface area (Å²) in [6.45, 7) is 12.5. The van der Waals surface area contributed by atoms with E-state index in [2.05, 4.69) is 44.3 Å². The predicted molar refractivity (Wildman–Crippen MR) is 79.4 cm³/mol. The Kier molecular flexibility index (Phi) is 7.06. The smallest absolute Gasteiger partial charge is 0.176 e. The zero-order valence-corrected chi connectivity index (χ0v) is 12.8. The molecule has 0 saturated heterocycles. The lowest BCUT2D eigenvalue weighted by Gasteiger charge is -2.29. The van der Waals surface area contributed by atoms with E-state index in [0.29, 0.717) is 13.2 Å². The van der Waals surface area contributed by atoms with E-state index in [1.165, 1.54) is 16.7 Å². The maximum atomic E-state index is 5.75. The Morgan fingerprint density at radius 3 is 2.16 bits per heavy atom. The van der Waals surface area contributed by atoms with Crippen LogP contribution in [0.5, 0.6) is 0 Å². The molecule has 3 nitrogen and oxygen atoms in total. The molecule has 3 heteroatoms. The van der Waals surface area contributed by atoms with Crippen LogP contribution in [-0.4, -0.2) is 26.0 Å². The van der Waals surface area contributed by atoms with Crippen LogP contribution in [0.3, 0.4) is 0 Å². The molecule has 0 amide bonds. The average molecular weight is 265 g/mol. The summed E-state index contributed by atoms with van der Waals surface area (Å²) < 4.78 is 11.5. The fourth-order valence-corrected chi connectivity index (χ4v) is 2.32. The molecule has 1 unspecified atom stereocenters. The van der Waals surface area contributed by atoms with Crippen LogP contribution in [0.15, 0.2) is 18.2 Å². The van der Waals surface area contributed by atoms with E-state index < -0.39 is 0 Å². The van der Waals surface area contributed by atoms with Gasteiger partial charge in [0.2, 0.25) is 0 Å². The molecule has 108 valence electrons. The highest BCUT2D eigenvalue weighted by molar-refractivity contribution is 5.33. The van der Waals surface area contributed by atoms with Gasteiger partial charge in [0, 0.05) is 13.2 Å². The van der Waals surface area contributed by atoms with Crippen molar-refractivity contribution in [3.05, 3.63) is 34.9 Å². The van der Waals surface area contributed by atoms with Crippen molar-refractivity contribution >= 4 is 0 Å². The quantitative estimate of drug-likeness (QED) is 0.731. The molecule has 0 radical (unpaired) electrons. The van der Waals surface area contributed by atoms with Gasteiger partial charge >= 0.3 is 0 Å². The van der Waals surface area contributed by atoms with Gasteiger partial charge in [-0.15, -0.1) is 0 Å². The summed E-state index contributed by atoms with van der Waals surface area (Å²) in [5.74, 6) is 0. The molecule has 1 N–H and O–H groups in total. The van der Waals surface area contributed by atoms with Crippen LogP contribution in [0, 0.1) is 13.8 Å².